The number of hydrogen-bond acceptors (Lipinski definition) is 2. The Balaban J connectivity index is 1.91. The van der Waals surface area contributed by atoms with Crippen molar-refractivity contribution in [3.05, 3.63) is 35.9 Å². The SMILES string of the molecule is O=C=NC1CC1Cc1ccccc1. The van der Waals surface area contributed by atoms with Crippen molar-refractivity contribution >= 4 is 6.08 Å². The zero-order valence-corrected chi connectivity index (χ0v) is 7.31. The molecular formula is C11H11NO. The van der Waals surface area contributed by atoms with Gasteiger partial charge in [-0.05, 0) is 24.3 Å². The first-order valence-electron chi connectivity index (χ1n) is 4.51. The Morgan fingerprint density at radius 1 is 1.38 bits per heavy atom. The maximum absolute atomic E-state index is 9.96. The van der Waals surface area contributed by atoms with Crippen molar-refractivity contribution in [1.82, 2.24) is 0 Å². The molecule has 1 fully saturated rings. The van der Waals surface area contributed by atoms with E-state index in [1.165, 1.54) is 5.56 Å². The molecule has 0 bridgehead atoms. The van der Waals surface area contributed by atoms with E-state index in [1.54, 1.807) is 6.08 Å². The maximum Gasteiger partial charge on any atom is 0.235 e. The van der Waals surface area contributed by atoms with E-state index in [4.69, 9.17) is 0 Å². The summed E-state index contributed by atoms with van der Waals surface area (Å²) in [6.07, 6.45) is 3.70. The molecule has 0 N–H and O–H groups in total. The number of nitrogens with zero attached hydrogens (tertiary/aromatic N) is 1. The van der Waals surface area contributed by atoms with Crippen molar-refractivity contribution in [2.45, 2.75) is 18.9 Å². The first-order valence-corrected chi connectivity index (χ1v) is 4.51. The molecule has 2 unspecified atom stereocenters. The normalized spacial score (nSPS) is 24.9. The summed E-state index contributed by atoms with van der Waals surface area (Å²) in [5.41, 5.74) is 1.33. The Bertz CT molecular complexity index is 327. The van der Waals surface area contributed by atoms with Crippen molar-refractivity contribution in [3.8, 4) is 0 Å². The number of carbonyl (C=O) groups excluding carboxylic acids is 1. The molecule has 0 saturated heterocycles. The van der Waals surface area contributed by atoms with Gasteiger partial charge < -0.3 is 0 Å². The van der Waals surface area contributed by atoms with Crippen LogP contribution in [0, 0.1) is 5.92 Å². The van der Waals surface area contributed by atoms with E-state index in [9.17, 15) is 4.79 Å². The third-order valence-electron chi connectivity index (χ3n) is 2.44. The van der Waals surface area contributed by atoms with Gasteiger partial charge in [-0.3, -0.25) is 0 Å². The molecule has 0 heterocycles. The van der Waals surface area contributed by atoms with Gasteiger partial charge in [-0.15, -0.1) is 0 Å². The molecule has 1 saturated carbocycles. The monoisotopic (exact) mass is 173 g/mol. The van der Waals surface area contributed by atoms with Crippen LogP contribution in [-0.2, 0) is 11.2 Å². The van der Waals surface area contributed by atoms with Crippen LogP contribution in [0.25, 0.3) is 0 Å². The van der Waals surface area contributed by atoms with Crippen molar-refractivity contribution in [1.29, 1.82) is 0 Å². The number of rotatable bonds is 3. The molecule has 2 nitrogen and oxygen atoms in total. The summed E-state index contributed by atoms with van der Waals surface area (Å²) in [4.78, 5) is 13.7. The fraction of sp³-hybridized carbons (Fsp3) is 0.364. The molecule has 1 aromatic rings. The van der Waals surface area contributed by atoms with Crippen LogP contribution >= 0.6 is 0 Å². The average Bonchev–Trinajstić information content (AvgIpc) is 2.86. The van der Waals surface area contributed by atoms with E-state index in [1.807, 2.05) is 18.2 Å². The van der Waals surface area contributed by atoms with Gasteiger partial charge in [0.05, 0.1) is 6.04 Å². The first kappa shape index (κ1) is 8.21. The molecule has 13 heavy (non-hydrogen) atoms. The molecule has 0 radical (unpaired) electrons. The molecule has 66 valence electrons. The highest BCUT2D eigenvalue weighted by Gasteiger charge is 2.36. The lowest BCUT2D eigenvalue weighted by Crippen LogP contribution is -1.90. The molecule has 0 spiro atoms. The molecule has 1 aliphatic rings. The van der Waals surface area contributed by atoms with Gasteiger partial charge in [0.1, 0.15) is 0 Å². The van der Waals surface area contributed by atoms with Crippen LogP contribution in [0.2, 0.25) is 0 Å². The van der Waals surface area contributed by atoms with Crippen molar-refractivity contribution < 1.29 is 4.79 Å². The number of aliphatic imine (C=N–C) groups is 1. The minimum atomic E-state index is 0.248. The predicted octanol–water partition coefficient (Wildman–Crippen LogP) is 1.95. The quantitative estimate of drug-likeness (QED) is 0.507. The van der Waals surface area contributed by atoms with Crippen LogP contribution in [0.3, 0.4) is 0 Å². The second kappa shape index (κ2) is 3.55. The van der Waals surface area contributed by atoms with Gasteiger partial charge in [0.2, 0.25) is 6.08 Å². The molecule has 0 aromatic heterocycles. The highest BCUT2D eigenvalue weighted by molar-refractivity contribution is 5.35. The molecule has 2 rings (SSSR count). The van der Waals surface area contributed by atoms with E-state index in [-0.39, 0.29) is 6.04 Å². The molecule has 0 aliphatic heterocycles. The van der Waals surface area contributed by atoms with Gasteiger partial charge >= 0.3 is 0 Å². The summed E-state index contributed by atoms with van der Waals surface area (Å²) < 4.78 is 0. The van der Waals surface area contributed by atoms with Gasteiger partial charge in [-0.1, -0.05) is 30.3 Å². The lowest BCUT2D eigenvalue weighted by atomic mass is 10.1. The lowest BCUT2D eigenvalue weighted by molar-refractivity contribution is 0.561. The van der Waals surface area contributed by atoms with Crippen molar-refractivity contribution in [2.24, 2.45) is 10.9 Å². The minimum absolute atomic E-state index is 0.248. The Hall–Kier alpha value is -1.40. The Kier molecular flexibility index (Phi) is 2.24. The fourth-order valence-electron chi connectivity index (χ4n) is 1.59. The highest BCUT2D eigenvalue weighted by atomic mass is 16.1. The van der Waals surface area contributed by atoms with Crippen LogP contribution in [0.15, 0.2) is 35.3 Å². The fourth-order valence-corrected chi connectivity index (χ4v) is 1.59. The third kappa shape index (κ3) is 2.04. The second-order valence-corrected chi connectivity index (χ2v) is 3.47. The Morgan fingerprint density at radius 3 is 2.85 bits per heavy atom. The van der Waals surface area contributed by atoms with Crippen molar-refractivity contribution in [2.75, 3.05) is 0 Å². The van der Waals surface area contributed by atoms with E-state index >= 15 is 0 Å². The van der Waals surface area contributed by atoms with E-state index < -0.39 is 0 Å². The standard InChI is InChI=1S/C11H11NO/c13-8-12-11-7-10(11)6-9-4-2-1-3-5-9/h1-5,10-11H,6-7H2. The molecular weight excluding hydrogens is 162 g/mol. The van der Waals surface area contributed by atoms with Crippen LogP contribution in [-0.4, -0.2) is 12.1 Å². The third-order valence-corrected chi connectivity index (χ3v) is 2.44. The smallest absolute Gasteiger partial charge is 0.211 e. The van der Waals surface area contributed by atoms with E-state index in [2.05, 4.69) is 17.1 Å². The largest absolute Gasteiger partial charge is 0.235 e. The summed E-state index contributed by atoms with van der Waals surface area (Å²) in [5, 5.41) is 0. The van der Waals surface area contributed by atoms with E-state index in [0.717, 1.165) is 12.8 Å². The van der Waals surface area contributed by atoms with Crippen LogP contribution in [0.4, 0.5) is 0 Å². The number of hydrogen-bond donors (Lipinski definition) is 0. The zero-order valence-electron chi connectivity index (χ0n) is 7.31. The van der Waals surface area contributed by atoms with Crippen LogP contribution in [0.5, 0.6) is 0 Å². The summed E-state index contributed by atoms with van der Waals surface area (Å²) in [5.74, 6) is 0.573. The minimum Gasteiger partial charge on any atom is -0.211 e. The predicted molar refractivity (Wildman–Crippen MR) is 50.2 cm³/mol. The molecule has 2 heteroatoms. The van der Waals surface area contributed by atoms with Crippen molar-refractivity contribution in [3.63, 3.8) is 0 Å². The van der Waals surface area contributed by atoms with Gasteiger partial charge in [0.15, 0.2) is 0 Å². The van der Waals surface area contributed by atoms with Gasteiger partial charge in [-0.25, -0.2) is 9.79 Å². The topological polar surface area (TPSA) is 29.4 Å². The Morgan fingerprint density at radius 2 is 2.15 bits per heavy atom. The lowest BCUT2D eigenvalue weighted by Gasteiger charge is -1.96. The molecule has 1 aliphatic carbocycles. The maximum atomic E-state index is 9.96. The summed E-state index contributed by atoms with van der Waals surface area (Å²) in [7, 11) is 0. The van der Waals surface area contributed by atoms with Crippen LogP contribution < -0.4 is 0 Å². The van der Waals surface area contributed by atoms with Crippen LogP contribution in [0.1, 0.15) is 12.0 Å². The molecule has 2 atom stereocenters. The molecule has 0 amide bonds. The van der Waals surface area contributed by atoms with Gasteiger partial charge in [0.25, 0.3) is 0 Å². The van der Waals surface area contributed by atoms with E-state index in [0.29, 0.717) is 5.92 Å². The van der Waals surface area contributed by atoms with Gasteiger partial charge in [-0.2, -0.15) is 0 Å². The summed E-state index contributed by atoms with van der Waals surface area (Å²) >= 11 is 0. The number of benzene rings is 1. The number of isocyanates is 1. The first-order chi connectivity index (χ1) is 6.40. The molecule has 1 aromatic carbocycles. The average molecular weight is 173 g/mol. The zero-order chi connectivity index (χ0) is 9.10. The summed E-state index contributed by atoms with van der Waals surface area (Å²) in [6.45, 7) is 0. The van der Waals surface area contributed by atoms with Gasteiger partial charge in [0, 0.05) is 0 Å². The Labute approximate surface area is 77.3 Å². The summed E-state index contributed by atoms with van der Waals surface area (Å²) in [6, 6.07) is 10.6. The highest BCUT2D eigenvalue weighted by Crippen LogP contribution is 2.36. The second-order valence-electron chi connectivity index (χ2n) is 3.47.